The van der Waals surface area contributed by atoms with Gasteiger partial charge in [0.15, 0.2) is 6.29 Å². The van der Waals surface area contributed by atoms with Gasteiger partial charge in [-0.2, -0.15) is 8.42 Å². The summed E-state index contributed by atoms with van der Waals surface area (Å²) in [5.74, 6) is 1.02. The van der Waals surface area contributed by atoms with E-state index in [1.165, 1.54) is 6.92 Å². The summed E-state index contributed by atoms with van der Waals surface area (Å²) in [7, 11) is -4.12. The van der Waals surface area contributed by atoms with Crippen LogP contribution >= 0.6 is 0 Å². The molecule has 0 unspecified atom stereocenters. The number of fused-ring (bicyclic) bond motifs is 5. The van der Waals surface area contributed by atoms with Crippen LogP contribution in [0.5, 0.6) is 0 Å². The molecule has 48 heavy (non-hydrogen) atoms. The van der Waals surface area contributed by atoms with Crippen LogP contribution in [0.25, 0.3) is 0 Å². The minimum atomic E-state index is -4.12. The second-order valence-electron chi connectivity index (χ2n) is 16.1. The number of aliphatic hydroxyl groups excluding tert-OH is 4. The van der Waals surface area contributed by atoms with E-state index in [9.17, 15) is 38.4 Å². The first-order valence-electron chi connectivity index (χ1n) is 17.9. The molecule has 1 saturated heterocycles. The van der Waals surface area contributed by atoms with E-state index in [1.54, 1.807) is 0 Å². The van der Waals surface area contributed by atoms with Crippen molar-refractivity contribution in [3.63, 3.8) is 0 Å². The second kappa shape index (κ2) is 14.7. The molecule has 14 heteroatoms. The molecule has 1 aliphatic heterocycles. The Hall–Kier alpha value is -1.39. The van der Waals surface area contributed by atoms with E-state index in [0.717, 1.165) is 51.4 Å². The Morgan fingerprint density at radius 2 is 1.75 bits per heavy atom. The highest BCUT2D eigenvalue weighted by molar-refractivity contribution is 7.85. The molecular weight excluding hydrogens is 644 g/mol. The largest absolute Gasteiger partial charge is 0.394 e. The third-order valence-electron chi connectivity index (χ3n) is 13.6. The predicted octanol–water partition coefficient (Wildman–Crippen LogP) is 1.37. The van der Waals surface area contributed by atoms with E-state index < -0.39 is 59.2 Å². The van der Waals surface area contributed by atoms with Gasteiger partial charge in [-0.25, -0.2) is 0 Å². The van der Waals surface area contributed by atoms with Crippen LogP contribution in [0.2, 0.25) is 0 Å². The lowest BCUT2D eigenvalue weighted by Gasteiger charge is -2.62. The molecule has 0 radical (unpaired) electrons. The molecule has 2 amide bonds. The van der Waals surface area contributed by atoms with Crippen LogP contribution in [0.4, 0.5) is 0 Å². The van der Waals surface area contributed by atoms with Crippen LogP contribution < -0.4 is 10.6 Å². The molecule has 1 heterocycles. The zero-order valence-corrected chi connectivity index (χ0v) is 29.6. The summed E-state index contributed by atoms with van der Waals surface area (Å²) in [5.41, 5.74) is -0.208. The molecule has 0 aromatic heterocycles. The maximum absolute atomic E-state index is 12.4. The van der Waals surface area contributed by atoms with Crippen LogP contribution in [0.1, 0.15) is 91.9 Å². The Morgan fingerprint density at radius 1 is 1.02 bits per heavy atom. The SMILES string of the molecule is CC(=O)N[C@H]1[C@H](O[C@@H]2CC[C@@]3(C)[C@H](CC[C@@H]4[C@@H]3C[C@H](O)[C@]3(C)[C@@H]([C@H](C)CCC(=O)NCCS(=O)(=O)O)CC[C@@H]43)C2)O[C@H](CO)[C@@H](O)[C@@H]1O. The third-order valence-corrected chi connectivity index (χ3v) is 14.3. The van der Waals surface area contributed by atoms with Crippen LogP contribution in [-0.4, -0.2) is 107 Å². The van der Waals surface area contributed by atoms with E-state index in [0.29, 0.717) is 30.1 Å². The summed E-state index contributed by atoms with van der Waals surface area (Å²) < 4.78 is 43.1. The Bertz CT molecular complexity index is 1270. The predicted molar refractivity (Wildman–Crippen MR) is 175 cm³/mol. The summed E-state index contributed by atoms with van der Waals surface area (Å²) in [5, 5.41) is 48.0. The number of nitrogens with one attached hydrogen (secondary N) is 2. The first kappa shape index (κ1) is 37.9. The van der Waals surface area contributed by atoms with Crippen molar-refractivity contribution < 1.29 is 52.5 Å². The van der Waals surface area contributed by atoms with Crippen molar-refractivity contribution in [2.24, 2.45) is 46.3 Å². The van der Waals surface area contributed by atoms with Gasteiger partial charge in [0.2, 0.25) is 11.8 Å². The summed E-state index contributed by atoms with van der Waals surface area (Å²) >= 11 is 0. The number of carbonyl (C=O) groups is 2. The number of hydrogen-bond donors (Lipinski definition) is 7. The average molecular weight is 703 g/mol. The molecule has 0 aromatic rings. The standard InChI is InChI=1S/C34H58N2O11S/c1-18(5-10-28(40)35-13-14-48(43,44)45)23-8-9-24-22-7-6-20-15-21(11-12-33(20,3)25(22)16-27(39)34(23,24)4)46-32-29(36-19(2)38)31(42)30(41)26(17-37)47-32/h18,20-27,29-32,37,39,41-42H,5-17H2,1-4H3,(H,35,40)(H,36,38)(H,43,44,45)/t18-,20-,21-,22+,23-,24+,25+,26-,27+,29-,30-,31-,32-,33+,34-/m1/s1. The molecule has 5 aliphatic rings. The van der Waals surface area contributed by atoms with E-state index >= 15 is 0 Å². The lowest BCUT2D eigenvalue weighted by molar-refractivity contribution is -0.289. The fourth-order valence-electron chi connectivity index (χ4n) is 11.0. The Balaban J connectivity index is 1.21. The molecule has 0 aromatic carbocycles. The van der Waals surface area contributed by atoms with Crippen molar-refractivity contribution in [3.8, 4) is 0 Å². The third kappa shape index (κ3) is 7.46. The van der Waals surface area contributed by atoms with E-state index in [2.05, 4.69) is 31.4 Å². The number of aliphatic hydroxyl groups is 4. The van der Waals surface area contributed by atoms with Gasteiger partial charge in [-0.05, 0) is 104 Å². The van der Waals surface area contributed by atoms with Gasteiger partial charge < -0.3 is 40.5 Å². The van der Waals surface area contributed by atoms with Gasteiger partial charge in [0.1, 0.15) is 24.4 Å². The molecule has 5 fully saturated rings. The van der Waals surface area contributed by atoms with Gasteiger partial charge in [0.05, 0.1) is 24.6 Å². The molecule has 4 saturated carbocycles. The number of ether oxygens (including phenoxy) is 2. The van der Waals surface area contributed by atoms with Crippen molar-refractivity contribution in [2.45, 2.75) is 135 Å². The van der Waals surface area contributed by atoms with Gasteiger partial charge in [0, 0.05) is 19.9 Å². The first-order chi connectivity index (χ1) is 22.5. The first-order valence-corrected chi connectivity index (χ1v) is 19.5. The van der Waals surface area contributed by atoms with E-state index in [-0.39, 0.29) is 53.5 Å². The number of hydrogen-bond acceptors (Lipinski definition) is 10. The Kier molecular flexibility index (Phi) is 11.6. The van der Waals surface area contributed by atoms with Crippen molar-refractivity contribution >= 4 is 21.9 Å². The lowest BCUT2D eigenvalue weighted by atomic mass is 9.43. The van der Waals surface area contributed by atoms with Gasteiger partial charge in [-0.3, -0.25) is 14.1 Å². The summed E-state index contributed by atoms with van der Waals surface area (Å²) in [6, 6.07) is -0.965. The highest BCUT2D eigenvalue weighted by Gasteiger charge is 2.64. The zero-order valence-electron chi connectivity index (χ0n) is 28.8. The van der Waals surface area contributed by atoms with Crippen molar-refractivity contribution in [1.29, 1.82) is 0 Å². The van der Waals surface area contributed by atoms with Crippen molar-refractivity contribution in [3.05, 3.63) is 0 Å². The summed E-state index contributed by atoms with van der Waals surface area (Å²) in [6.07, 6.45) is 2.95. The maximum atomic E-state index is 12.4. The normalized spacial score (nSPS) is 44.9. The number of amides is 2. The van der Waals surface area contributed by atoms with Gasteiger partial charge in [0.25, 0.3) is 10.1 Å². The highest BCUT2D eigenvalue weighted by Crippen LogP contribution is 2.68. The average Bonchev–Trinajstić information content (AvgIpc) is 3.38. The summed E-state index contributed by atoms with van der Waals surface area (Å²) in [4.78, 5) is 24.3. The quantitative estimate of drug-likeness (QED) is 0.121. The van der Waals surface area contributed by atoms with Crippen LogP contribution in [-0.2, 0) is 29.2 Å². The molecule has 276 valence electrons. The fourth-order valence-corrected chi connectivity index (χ4v) is 11.4. The second-order valence-corrected chi connectivity index (χ2v) is 17.6. The minimum absolute atomic E-state index is 0.0305. The molecule has 4 aliphatic carbocycles. The topological polar surface area (TPSA) is 212 Å². The highest BCUT2D eigenvalue weighted by atomic mass is 32.2. The maximum Gasteiger partial charge on any atom is 0.266 e. The zero-order chi connectivity index (χ0) is 35.2. The van der Waals surface area contributed by atoms with Crippen molar-refractivity contribution in [1.82, 2.24) is 10.6 Å². The van der Waals surface area contributed by atoms with Crippen LogP contribution in [0, 0.1) is 46.3 Å². The molecule has 0 bridgehead atoms. The molecule has 0 spiro atoms. The molecule has 7 N–H and O–H groups in total. The number of carbonyl (C=O) groups excluding carboxylic acids is 2. The Labute approximate surface area is 284 Å². The monoisotopic (exact) mass is 702 g/mol. The van der Waals surface area contributed by atoms with Crippen LogP contribution in [0.3, 0.4) is 0 Å². The Morgan fingerprint density at radius 3 is 2.42 bits per heavy atom. The van der Waals surface area contributed by atoms with E-state index in [4.69, 9.17) is 14.0 Å². The molecular formula is C34H58N2O11S. The minimum Gasteiger partial charge on any atom is -0.394 e. The van der Waals surface area contributed by atoms with Gasteiger partial charge >= 0.3 is 0 Å². The van der Waals surface area contributed by atoms with Gasteiger partial charge in [-0.15, -0.1) is 0 Å². The number of rotatable bonds is 11. The fraction of sp³-hybridized carbons (Fsp3) is 0.941. The summed E-state index contributed by atoms with van der Waals surface area (Å²) in [6.45, 7) is 7.53. The van der Waals surface area contributed by atoms with Crippen LogP contribution in [0.15, 0.2) is 0 Å². The van der Waals surface area contributed by atoms with E-state index in [1.807, 2.05) is 0 Å². The molecule has 5 rings (SSSR count). The molecule has 13 nitrogen and oxygen atoms in total. The van der Waals surface area contributed by atoms with Gasteiger partial charge in [-0.1, -0.05) is 20.8 Å². The molecule has 15 atom stereocenters. The van der Waals surface area contributed by atoms with Crippen molar-refractivity contribution in [2.75, 3.05) is 18.9 Å². The lowest BCUT2D eigenvalue weighted by Crippen LogP contribution is -2.65. The smallest absolute Gasteiger partial charge is 0.266 e.